The Labute approximate surface area is 111 Å². The van der Waals surface area contributed by atoms with Crippen LogP contribution in [0.5, 0.6) is 0 Å². The minimum Gasteiger partial charge on any atom is -0.358 e. The van der Waals surface area contributed by atoms with E-state index in [9.17, 15) is 17.6 Å². The normalized spacial score (nSPS) is 20.4. The smallest absolute Gasteiger partial charge is 0.246 e. The van der Waals surface area contributed by atoms with Gasteiger partial charge in [0, 0.05) is 13.6 Å². The Morgan fingerprint density at radius 1 is 1.42 bits per heavy atom. The van der Waals surface area contributed by atoms with Gasteiger partial charge in [-0.1, -0.05) is 12.1 Å². The molecule has 1 atom stereocenters. The molecular formula is C12H15FN2O3S. The zero-order chi connectivity index (χ0) is 14.0. The first kappa shape index (κ1) is 14.0. The maximum Gasteiger partial charge on any atom is 0.246 e. The number of rotatable bonds is 3. The monoisotopic (exact) mass is 286 g/mol. The summed E-state index contributed by atoms with van der Waals surface area (Å²) in [7, 11) is -2.52. The van der Waals surface area contributed by atoms with Crippen molar-refractivity contribution in [3.8, 4) is 0 Å². The molecule has 0 bridgehead atoms. The number of halogens is 1. The molecule has 0 aliphatic carbocycles. The van der Waals surface area contributed by atoms with Crippen molar-refractivity contribution in [2.24, 2.45) is 0 Å². The quantitative estimate of drug-likeness (QED) is 0.890. The Kier molecular flexibility index (Phi) is 3.86. The Hall–Kier alpha value is -1.47. The van der Waals surface area contributed by atoms with E-state index in [0.717, 1.165) is 10.4 Å². The third kappa shape index (κ3) is 2.48. The SMILES string of the molecule is CNC(=O)[C@@H]1CCCN1S(=O)(=O)c1ccccc1F. The molecule has 1 N–H and O–H groups in total. The molecule has 1 aromatic rings. The highest BCUT2D eigenvalue weighted by molar-refractivity contribution is 7.89. The van der Waals surface area contributed by atoms with Crippen LogP contribution in [-0.4, -0.2) is 38.3 Å². The van der Waals surface area contributed by atoms with Crippen LogP contribution in [0.3, 0.4) is 0 Å². The first-order chi connectivity index (χ1) is 8.98. The molecule has 0 unspecified atom stereocenters. The fourth-order valence-corrected chi connectivity index (χ4v) is 3.96. The number of hydrogen-bond donors (Lipinski definition) is 1. The van der Waals surface area contributed by atoms with E-state index >= 15 is 0 Å². The van der Waals surface area contributed by atoms with Crippen molar-refractivity contribution in [1.82, 2.24) is 9.62 Å². The number of nitrogens with zero attached hydrogens (tertiary/aromatic N) is 1. The summed E-state index contributed by atoms with van der Waals surface area (Å²) in [4.78, 5) is 11.3. The van der Waals surface area contributed by atoms with Crippen LogP contribution in [0.4, 0.5) is 4.39 Å². The number of benzene rings is 1. The van der Waals surface area contributed by atoms with Crippen LogP contribution in [-0.2, 0) is 14.8 Å². The van der Waals surface area contributed by atoms with E-state index < -0.39 is 21.9 Å². The third-order valence-electron chi connectivity index (χ3n) is 3.18. The topological polar surface area (TPSA) is 66.5 Å². The van der Waals surface area contributed by atoms with Crippen molar-refractivity contribution in [1.29, 1.82) is 0 Å². The molecule has 1 aliphatic heterocycles. The van der Waals surface area contributed by atoms with Gasteiger partial charge in [0.05, 0.1) is 0 Å². The summed E-state index contributed by atoms with van der Waals surface area (Å²) in [5, 5.41) is 2.44. The van der Waals surface area contributed by atoms with Crippen molar-refractivity contribution in [2.75, 3.05) is 13.6 Å². The maximum absolute atomic E-state index is 13.6. The van der Waals surface area contributed by atoms with Gasteiger partial charge < -0.3 is 5.32 Å². The maximum atomic E-state index is 13.6. The summed E-state index contributed by atoms with van der Waals surface area (Å²) in [6.45, 7) is 0.231. The second-order valence-corrected chi connectivity index (χ2v) is 6.18. The summed E-state index contributed by atoms with van der Waals surface area (Å²) in [5.41, 5.74) is 0. The minimum atomic E-state index is -3.98. The summed E-state index contributed by atoms with van der Waals surface area (Å²) in [5.74, 6) is -1.16. The average Bonchev–Trinajstić information content (AvgIpc) is 2.88. The summed E-state index contributed by atoms with van der Waals surface area (Å²) < 4.78 is 39.5. The van der Waals surface area contributed by atoms with Gasteiger partial charge >= 0.3 is 0 Å². The van der Waals surface area contributed by atoms with E-state index in [2.05, 4.69) is 5.32 Å². The molecule has 5 nitrogen and oxygen atoms in total. The van der Waals surface area contributed by atoms with E-state index in [0.29, 0.717) is 12.8 Å². The zero-order valence-electron chi connectivity index (χ0n) is 10.5. The van der Waals surface area contributed by atoms with Crippen molar-refractivity contribution < 1.29 is 17.6 Å². The van der Waals surface area contributed by atoms with Crippen LogP contribution in [0.1, 0.15) is 12.8 Å². The lowest BCUT2D eigenvalue weighted by molar-refractivity contribution is -0.123. The van der Waals surface area contributed by atoms with Gasteiger partial charge in [0.2, 0.25) is 15.9 Å². The second-order valence-electron chi connectivity index (χ2n) is 4.32. The minimum absolute atomic E-state index is 0.231. The number of nitrogens with one attached hydrogen (secondary N) is 1. The predicted molar refractivity (Wildman–Crippen MR) is 67.4 cm³/mol. The molecule has 1 aromatic carbocycles. The van der Waals surface area contributed by atoms with E-state index in [1.165, 1.54) is 25.2 Å². The molecule has 1 amide bonds. The molecule has 2 rings (SSSR count). The second kappa shape index (κ2) is 5.26. The summed E-state index contributed by atoms with van der Waals surface area (Å²) in [6.07, 6.45) is 1.04. The van der Waals surface area contributed by atoms with Gasteiger partial charge in [-0.3, -0.25) is 4.79 Å². The Morgan fingerprint density at radius 3 is 2.74 bits per heavy atom. The largest absolute Gasteiger partial charge is 0.358 e. The fraction of sp³-hybridized carbons (Fsp3) is 0.417. The molecule has 0 radical (unpaired) electrons. The zero-order valence-corrected chi connectivity index (χ0v) is 11.3. The first-order valence-corrected chi connectivity index (χ1v) is 7.40. The van der Waals surface area contributed by atoms with Crippen LogP contribution >= 0.6 is 0 Å². The summed E-state index contributed by atoms with van der Waals surface area (Å²) in [6, 6.07) is 4.44. The van der Waals surface area contributed by atoms with Crippen LogP contribution in [0, 0.1) is 5.82 Å². The highest BCUT2D eigenvalue weighted by Gasteiger charge is 2.39. The Bertz CT molecular complexity index is 588. The molecule has 104 valence electrons. The van der Waals surface area contributed by atoms with E-state index in [-0.39, 0.29) is 17.3 Å². The molecule has 1 heterocycles. The van der Waals surface area contributed by atoms with Crippen molar-refractivity contribution >= 4 is 15.9 Å². The van der Waals surface area contributed by atoms with Gasteiger partial charge in [0.1, 0.15) is 16.8 Å². The van der Waals surface area contributed by atoms with Gasteiger partial charge in [0.25, 0.3) is 0 Å². The predicted octanol–water partition coefficient (Wildman–Crippen LogP) is 0.725. The van der Waals surface area contributed by atoms with Crippen molar-refractivity contribution in [3.63, 3.8) is 0 Å². The Balaban J connectivity index is 2.40. The van der Waals surface area contributed by atoms with Gasteiger partial charge in [-0.15, -0.1) is 0 Å². The van der Waals surface area contributed by atoms with E-state index in [1.807, 2.05) is 0 Å². The molecule has 0 spiro atoms. The lowest BCUT2D eigenvalue weighted by atomic mass is 10.2. The molecule has 0 aromatic heterocycles. The molecule has 1 saturated heterocycles. The fourth-order valence-electron chi connectivity index (χ4n) is 2.24. The molecular weight excluding hydrogens is 271 g/mol. The number of carbonyl (C=O) groups is 1. The Morgan fingerprint density at radius 2 is 2.11 bits per heavy atom. The van der Waals surface area contributed by atoms with Crippen LogP contribution < -0.4 is 5.32 Å². The van der Waals surface area contributed by atoms with Crippen molar-refractivity contribution in [3.05, 3.63) is 30.1 Å². The highest BCUT2D eigenvalue weighted by Crippen LogP contribution is 2.27. The molecule has 0 saturated carbocycles. The van der Waals surface area contributed by atoms with Gasteiger partial charge in [-0.05, 0) is 25.0 Å². The van der Waals surface area contributed by atoms with E-state index in [4.69, 9.17) is 0 Å². The molecule has 1 fully saturated rings. The van der Waals surface area contributed by atoms with Gasteiger partial charge in [-0.25, -0.2) is 12.8 Å². The van der Waals surface area contributed by atoms with Gasteiger partial charge in [-0.2, -0.15) is 4.31 Å². The first-order valence-electron chi connectivity index (χ1n) is 5.96. The number of likely N-dealkylation sites (N-methyl/N-ethyl adjacent to an activating group) is 1. The standard InChI is InChI=1S/C12H15FN2O3S/c1-14-12(16)10-6-4-8-15(10)19(17,18)11-7-3-2-5-9(11)13/h2-3,5,7,10H,4,6,8H2,1H3,(H,14,16)/t10-/m0/s1. The molecule has 19 heavy (non-hydrogen) atoms. The summed E-state index contributed by atoms with van der Waals surface area (Å²) >= 11 is 0. The van der Waals surface area contributed by atoms with Gasteiger partial charge in [0.15, 0.2) is 0 Å². The van der Waals surface area contributed by atoms with E-state index in [1.54, 1.807) is 0 Å². The number of hydrogen-bond acceptors (Lipinski definition) is 3. The lowest BCUT2D eigenvalue weighted by Gasteiger charge is -2.22. The number of amides is 1. The molecule has 1 aliphatic rings. The highest BCUT2D eigenvalue weighted by atomic mass is 32.2. The number of carbonyl (C=O) groups excluding carboxylic acids is 1. The lowest BCUT2D eigenvalue weighted by Crippen LogP contribution is -2.45. The van der Waals surface area contributed by atoms with Crippen LogP contribution in [0.25, 0.3) is 0 Å². The molecule has 7 heteroatoms. The van der Waals surface area contributed by atoms with Crippen LogP contribution in [0.2, 0.25) is 0 Å². The van der Waals surface area contributed by atoms with Crippen molar-refractivity contribution in [2.45, 2.75) is 23.8 Å². The average molecular weight is 286 g/mol. The number of sulfonamides is 1. The third-order valence-corrected chi connectivity index (χ3v) is 5.12. The van der Waals surface area contributed by atoms with Crippen LogP contribution in [0.15, 0.2) is 29.2 Å².